The molecule has 5 heteroatoms. The van der Waals surface area contributed by atoms with Gasteiger partial charge in [0.15, 0.2) is 0 Å². The molecule has 1 N–H and O–H groups in total. The van der Waals surface area contributed by atoms with Gasteiger partial charge in [0.05, 0.1) is 11.6 Å². The van der Waals surface area contributed by atoms with E-state index in [4.69, 9.17) is 11.6 Å². The summed E-state index contributed by atoms with van der Waals surface area (Å²) in [5, 5.41) is 3.59. The maximum absolute atomic E-state index is 12.3. The van der Waals surface area contributed by atoms with Crippen molar-refractivity contribution >= 4 is 49.4 Å². The number of carbonyl (C=O) groups excluding carboxylic acids is 1. The number of amides is 1. The van der Waals surface area contributed by atoms with Gasteiger partial charge in [0.25, 0.3) is 5.91 Å². The van der Waals surface area contributed by atoms with Gasteiger partial charge in [-0.05, 0) is 52.7 Å². The van der Waals surface area contributed by atoms with Gasteiger partial charge in [-0.2, -0.15) is 0 Å². The Balaban J connectivity index is 2.17. The predicted molar refractivity (Wildman–Crippen MR) is 89.2 cm³/mol. The van der Waals surface area contributed by atoms with E-state index in [2.05, 4.69) is 37.2 Å². The van der Waals surface area contributed by atoms with Crippen molar-refractivity contribution in [2.24, 2.45) is 0 Å². The zero-order valence-electron chi connectivity index (χ0n) is 10.7. The van der Waals surface area contributed by atoms with Gasteiger partial charge in [0.2, 0.25) is 0 Å². The van der Waals surface area contributed by atoms with E-state index < -0.39 is 0 Å². The lowest BCUT2D eigenvalue weighted by Gasteiger charge is -2.16. The Bertz CT molecular complexity index is 646. The number of hydrogen-bond donors (Lipinski definition) is 1. The van der Waals surface area contributed by atoms with Gasteiger partial charge >= 0.3 is 0 Å². The number of benzene rings is 2. The molecule has 1 unspecified atom stereocenters. The molecule has 0 radical (unpaired) electrons. The van der Waals surface area contributed by atoms with Gasteiger partial charge in [-0.3, -0.25) is 4.79 Å². The minimum absolute atomic E-state index is 0.142. The van der Waals surface area contributed by atoms with Crippen molar-refractivity contribution in [3.05, 3.63) is 67.6 Å². The maximum atomic E-state index is 12.3. The third kappa shape index (κ3) is 3.62. The standard InChI is InChI=1S/C15H12Br2ClNO/c1-9(11-4-2-3-5-14(11)18)19-15(20)12-7-6-10(16)8-13(12)17/h2-9H,1H3,(H,19,20). The first-order chi connectivity index (χ1) is 9.49. The zero-order chi connectivity index (χ0) is 14.7. The fourth-order valence-corrected chi connectivity index (χ4v) is 3.38. The Morgan fingerprint density at radius 1 is 1.20 bits per heavy atom. The lowest BCUT2D eigenvalue weighted by molar-refractivity contribution is 0.0939. The summed E-state index contributed by atoms with van der Waals surface area (Å²) >= 11 is 12.9. The molecule has 2 aromatic rings. The molecule has 0 aliphatic carbocycles. The highest BCUT2D eigenvalue weighted by Gasteiger charge is 2.15. The van der Waals surface area contributed by atoms with Gasteiger partial charge in [-0.15, -0.1) is 0 Å². The van der Waals surface area contributed by atoms with E-state index in [-0.39, 0.29) is 11.9 Å². The molecule has 0 spiro atoms. The van der Waals surface area contributed by atoms with E-state index >= 15 is 0 Å². The average Bonchev–Trinajstić information content (AvgIpc) is 2.38. The van der Waals surface area contributed by atoms with E-state index in [9.17, 15) is 4.79 Å². The summed E-state index contributed by atoms with van der Waals surface area (Å²) in [7, 11) is 0. The topological polar surface area (TPSA) is 29.1 Å². The van der Waals surface area contributed by atoms with Gasteiger partial charge in [0, 0.05) is 14.0 Å². The van der Waals surface area contributed by atoms with Crippen molar-refractivity contribution in [2.75, 3.05) is 0 Å². The molecule has 2 aromatic carbocycles. The van der Waals surface area contributed by atoms with E-state index in [1.807, 2.05) is 43.3 Å². The Kier molecular flexibility index (Phi) is 5.24. The third-order valence-corrected chi connectivity index (χ3v) is 4.39. The highest BCUT2D eigenvalue weighted by molar-refractivity contribution is 9.11. The summed E-state index contributed by atoms with van der Waals surface area (Å²) in [6, 6.07) is 12.8. The summed E-state index contributed by atoms with van der Waals surface area (Å²) in [5.74, 6) is -0.142. The Labute approximate surface area is 139 Å². The highest BCUT2D eigenvalue weighted by atomic mass is 79.9. The normalized spacial score (nSPS) is 12.0. The van der Waals surface area contributed by atoms with Gasteiger partial charge in [-0.25, -0.2) is 0 Å². The summed E-state index contributed by atoms with van der Waals surface area (Å²) in [6.07, 6.45) is 0. The monoisotopic (exact) mass is 415 g/mol. The number of nitrogens with one attached hydrogen (secondary N) is 1. The summed E-state index contributed by atoms with van der Waals surface area (Å²) in [5.41, 5.74) is 1.49. The second-order valence-electron chi connectivity index (χ2n) is 4.34. The molecule has 2 nitrogen and oxygen atoms in total. The summed E-state index contributed by atoms with van der Waals surface area (Å²) in [6.45, 7) is 1.91. The fraction of sp³-hybridized carbons (Fsp3) is 0.133. The van der Waals surface area contributed by atoms with Crippen LogP contribution in [0, 0.1) is 0 Å². The van der Waals surface area contributed by atoms with Crippen LogP contribution < -0.4 is 5.32 Å². The average molecular weight is 418 g/mol. The zero-order valence-corrected chi connectivity index (χ0v) is 14.6. The van der Waals surface area contributed by atoms with Crippen LogP contribution >= 0.6 is 43.5 Å². The van der Waals surface area contributed by atoms with Crippen molar-refractivity contribution in [3.8, 4) is 0 Å². The predicted octanol–water partition coefficient (Wildman–Crippen LogP) is 5.36. The molecule has 1 atom stereocenters. The van der Waals surface area contributed by atoms with Crippen LogP contribution in [0.1, 0.15) is 28.9 Å². The first-order valence-electron chi connectivity index (χ1n) is 5.99. The largest absolute Gasteiger partial charge is 0.345 e. The van der Waals surface area contributed by atoms with E-state index in [0.717, 1.165) is 14.5 Å². The van der Waals surface area contributed by atoms with Crippen LogP contribution in [0.2, 0.25) is 5.02 Å². The fourth-order valence-electron chi connectivity index (χ4n) is 1.85. The van der Waals surface area contributed by atoms with Crippen LogP contribution in [0.15, 0.2) is 51.4 Å². The van der Waals surface area contributed by atoms with Crippen molar-refractivity contribution in [2.45, 2.75) is 13.0 Å². The van der Waals surface area contributed by atoms with Crippen LogP contribution in [0.3, 0.4) is 0 Å². The van der Waals surface area contributed by atoms with E-state index in [1.165, 1.54) is 0 Å². The van der Waals surface area contributed by atoms with Crippen LogP contribution in [0.25, 0.3) is 0 Å². The van der Waals surface area contributed by atoms with Crippen LogP contribution in [0.4, 0.5) is 0 Å². The molecule has 1 amide bonds. The Morgan fingerprint density at radius 3 is 2.55 bits per heavy atom. The van der Waals surface area contributed by atoms with Gasteiger partial charge in [-0.1, -0.05) is 45.7 Å². The quantitative estimate of drug-likeness (QED) is 0.716. The molecule has 0 fully saturated rings. The minimum atomic E-state index is -0.160. The SMILES string of the molecule is CC(NC(=O)c1ccc(Br)cc1Br)c1ccccc1Cl. The number of hydrogen-bond acceptors (Lipinski definition) is 1. The van der Waals surface area contributed by atoms with Crippen LogP contribution in [-0.2, 0) is 0 Å². The Morgan fingerprint density at radius 2 is 1.90 bits per heavy atom. The second kappa shape index (κ2) is 6.74. The van der Waals surface area contributed by atoms with Crippen LogP contribution in [0.5, 0.6) is 0 Å². The van der Waals surface area contributed by atoms with Crippen molar-refractivity contribution in [1.29, 1.82) is 0 Å². The molecule has 0 heterocycles. The van der Waals surface area contributed by atoms with Crippen molar-refractivity contribution < 1.29 is 4.79 Å². The highest BCUT2D eigenvalue weighted by Crippen LogP contribution is 2.25. The minimum Gasteiger partial charge on any atom is -0.345 e. The van der Waals surface area contributed by atoms with Gasteiger partial charge in [0.1, 0.15) is 0 Å². The molecule has 0 aromatic heterocycles. The number of halogens is 3. The molecule has 0 bridgehead atoms. The molecule has 0 saturated heterocycles. The summed E-state index contributed by atoms with van der Waals surface area (Å²) < 4.78 is 1.66. The molecular weight excluding hydrogens is 405 g/mol. The first-order valence-corrected chi connectivity index (χ1v) is 7.96. The van der Waals surface area contributed by atoms with Crippen molar-refractivity contribution in [3.63, 3.8) is 0 Å². The molecular formula is C15H12Br2ClNO. The Hall–Kier alpha value is -0.840. The molecule has 0 saturated carbocycles. The molecule has 2 rings (SSSR count). The van der Waals surface area contributed by atoms with Crippen molar-refractivity contribution in [1.82, 2.24) is 5.32 Å². The molecule has 0 aliphatic heterocycles. The third-order valence-electron chi connectivity index (χ3n) is 2.90. The smallest absolute Gasteiger partial charge is 0.252 e. The lowest BCUT2D eigenvalue weighted by Crippen LogP contribution is -2.27. The molecule has 104 valence electrons. The van der Waals surface area contributed by atoms with E-state index in [1.54, 1.807) is 6.07 Å². The molecule has 0 aliphatic rings. The maximum Gasteiger partial charge on any atom is 0.252 e. The van der Waals surface area contributed by atoms with Crippen LogP contribution in [-0.4, -0.2) is 5.91 Å². The number of carbonyl (C=O) groups is 1. The lowest BCUT2D eigenvalue weighted by atomic mass is 10.1. The van der Waals surface area contributed by atoms with Gasteiger partial charge < -0.3 is 5.32 Å². The molecule has 20 heavy (non-hydrogen) atoms. The summed E-state index contributed by atoms with van der Waals surface area (Å²) in [4.78, 5) is 12.3. The van der Waals surface area contributed by atoms with E-state index in [0.29, 0.717) is 10.6 Å². The number of rotatable bonds is 3. The first kappa shape index (κ1) is 15.5. The second-order valence-corrected chi connectivity index (χ2v) is 6.52.